The number of carbonyl (C=O) groups is 2. The molecule has 10 nitrogen and oxygen atoms in total. The summed E-state index contributed by atoms with van der Waals surface area (Å²) in [4.78, 5) is 25.4. The van der Waals surface area contributed by atoms with Crippen LogP contribution in [0.15, 0.2) is 54.6 Å². The van der Waals surface area contributed by atoms with Crippen LogP contribution in [0.5, 0.6) is 5.75 Å². The number of morpholine rings is 1. The molecule has 1 aliphatic heterocycles. The van der Waals surface area contributed by atoms with Crippen LogP contribution in [0.1, 0.15) is 31.4 Å². The number of hydrogen-bond acceptors (Lipinski definition) is 7. The number of hydrogen-bond donors (Lipinski definition) is 4. The van der Waals surface area contributed by atoms with E-state index in [9.17, 15) is 14.7 Å². The van der Waals surface area contributed by atoms with E-state index in [0.29, 0.717) is 52.3 Å². The van der Waals surface area contributed by atoms with Crippen molar-refractivity contribution in [2.24, 2.45) is 11.7 Å². The van der Waals surface area contributed by atoms with Crippen molar-refractivity contribution in [2.45, 2.75) is 45.6 Å². The van der Waals surface area contributed by atoms with Crippen LogP contribution >= 0.6 is 0 Å². The molecule has 1 fully saturated rings. The second-order valence-electron chi connectivity index (χ2n) is 8.97. The third-order valence-corrected chi connectivity index (χ3v) is 5.44. The summed E-state index contributed by atoms with van der Waals surface area (Å²) in [6, 6.07) is 15.7. The van der Waals surface area contributed by atoms with Gasteiger partial charge >= 0.3 is 19.7 Å². The van der Waals surface area contributed by atoms with Gasteiger partial charge in [-0.05, 0) is 35.6 Å². The second-order valence-corrected chi connectivity index (χ2v) is 8.97. The van der Waals surface area contributed by atoms with Crippen molar-refractivity contribution in [3.05, 3.63) is 65.7 Å². The van der Waals surface area contributed by atoms with E-state index >= 15 is 0 Å². The summed E-state index contributed by atoms with van der Waals surface area (Å²) >= 11 is 0. The van der Waals surface area contributed by atoms with Crippen LogP contribution in [0.4, 0.5) is 4.79 Å². The van der Waals surface area contributed by atoms with Crippen molar-refractivity contribution in [3.8, 4) is 5.75 Å². The highest BCUT2D eigenvalue weighted by atomic mass is 16.5. The maximum Gasteiger partial charge on any atom is 0.486 e. The first-order valence-corrected chi connectivity index (χ1v) is 12.3. The molecule has 1 heterocycles. The van der Waals surface area contributed by atoms with Crippen molar-refractivity contribution in [2.75, 3.05) is 26.3 Å². The standard InChI is InChI=1S/C21H24N2O5.C5H13BNO2/c24-20(25)19(22-21(26)23-10-12-27-13-11-23)14-16-6-8-18(9-7-16)28-15-17-4-2-1-3-5-17;1-4(2)3-5(7)9-6-8/h1-9,19H,10-15H2,(H,22,26)(H,24,25);4-5,8H,3,7H2,1-2H3/t19-;5-/m01/s1. The molecule has 2 atom stereocenters. The molecule has 1 radical (unpaired) electrons. The van der Waals surface area contributed by atoms with Gasteiger partial charge in [-0.15, -0.1) is 0 Å². The Morgan fingerprint density at radius 1 is 1.08 bits per heavy atom. The summed E-state index contributed by atoms with van der Waals surface area (Å²) in [5.41, 5.74) is 7.25. The molecule has 0 bridgehead atoms. The number of nitrogens with two attached hydrogens (primary N) is 1. The van der Waals surface area contributed by atoms with Gasteiger partial charge in [0.15, 0.2) is 0 Å². The fourth-order valence-corrected chi connectivity index (χ4v) is 3.50. The molecule has 0 saturated carbocycles. The molecule has 2 aromatic rings. The molecular weight excluding hydrogens is 477 g/mol. The molecule has 3 rings (SSSR count). The number of ether oxygens (including phenoxy) is 2. The van der Waals surface area contributed by atoms with Crippen LogP contribution in [0.25, 0.3) is 0 Å². The van der Waals surface area contributed by atoms with E-state index < -0.39 is 12.0 Å². The SMILES string of the molecule is CC(C)C[C@H](N)O[B]O.O=C(O)[C@H](Cc1ccc(OCc2ccccc2)cc1)NC(=O)N1CCOCC1. The van der Waals surface area contributed by atoms with Gasteiger partial charge in [-0.3, -0.25) is 0 Å². The van der Waals surface area contributed by atoms with Gasteiger partial charge in [-0.25, -0.2) is 9.59 Å². The Morgan fingerprint density at radius 2 is 1.73 bits per heavy atom. The predicted octanol–water partition coefficient (Wildman–Crippen LogP) is 2.16. The summed E-state index contributed by atoms with van der Waals surface area (Å²) in [5, 5.41) is 20.2. The van der Waals surface area contributed by atoms with Gasteiger partial charge in [-0.2, -0.15) is 0 Å². The normalized spacial score (nSPS) is 14.7. The highest BCUT2D eigenvalue weighted by molar-refractivity contribution is 6.15. The third-order valence-electron chi connectivity index (χ3n) is 5.44. The van der Waals surface area contributed by atoms with Crippen LogP contribution in [0.3, 0.4) is 0 Å². The van der Waals surface area contributed by atoms with Crippen LogP contribution in [-0.2, 0) is 27.2 Å². The second kappa shape index (κ2) is 16.6. The molecule has 0 aromatic heterocycles. The van der Waals surface area contributed by atoms with Gasteiger partial charge < -0.3 is 40.2 Å². The van der Waals surface area contributed by atoms with Gasteiger partial charge in [0.1, 0.15) is 18.4 Å². The van der Waals surface area contributed by atoms with E-state index in [0.717, 1.165) is 17.5 Å². The average molecular weight is 514 g/mol. The Labute approximate surface area is 219 Å². The lowest BCUT2D eigenvalue weighted by Gasteiger charge is -2.28. The highest BCUT2D eigenvalue weighted by Gasteiger charge is 2.24. The van der Waals surface area contributed by atoms with Crippen molar-refractivity contribution in [3.63, 3.8) is 0 Å². The van der Waals surface area contributed by atoms with E-state index in [-0.39, 0.29) is 18.7 Å². The van der Waals surface area contributed by atoms with Gasteiger partial charge in [0.2, 0.25) is 0 Å². The number of carbonyl (C=O) groups excluding carboxylic acids is 1. The molecule has 2 amide bonds. The molecule has 1 saturated heterocycles. The highest BCUT2D eigenvalue weighted by Crippen LogP contribution is 2.16. The zero-order chi connectivity index (χ0) is 27.0. The number of benzene rings is 2. The molecule has 201 valence electrons. The first-order valence-electron chi connectivity index (χ1n) is 12.3. The zero-order valence-electron chi connectivity index (χ0n) is 21.4. The molecule has 0 unspecified atom stereocenters. The molecule has 11 heteroatoms. The Balaban J connectivity index is 0.000000458. The topological polar surface area (TPSA) is 144 Å². The van der Waals surface area contributed by atoms with E-state index in [2.05, 4.69) is 9.97 Å². The van der Waals surface area contributed by atoms with Crippen LogP contribution in [0.2, 0.25) is 0 Å². The number of carboxylic acids is 1. The zero-order valence-corrected chi connectivity index (χ0v) is 21.4. The van der Waals surface area contributed by atoms with Crippen LogP contribution in [-0.4, -0.2) is 73.3 Å². The summed E-state index contributed by atoms with van der Waals surface area (Å²) in [7, 11) is 0.632. The van der Waals surface area contributed by atoms with Crippen molar-refractivity contribution >= 4 is 19.7 Å². The first-order chi connectivity index (χ1) is 17.8. The lowest BCUT2D eigenvalue weighted by Crippen LogP contribution is -2.51. The Hall–Kier alpha value is -3.12. The summed E-state index contributed by atoms with van der Waals surface area (Å²) in [6.07, 6.45) is 0.594. The lowest BCUT2D eigenvalue weighted by molar-refractivity contribution is -0.139. The number of rotatable bonds is 11. The molecule has 5 N–H and O–H groups in total. The number of carboxylic acid groups (broad SMARTS) is 1. The Kier molecular flexibility index (Phi) is 13.5. The van der Waals surface area contributed by atoms with Gasteiger partial charge in [-0.1, -0.05) is 56.3 Å². The average Bonchev–Trinajstić information content (AvgIpc) is 2.89. The Bertz CT molecular complexity index is 926. The molecule has 1 aliphatic rings. The monoisotopic (exact) mass is 514 g/mol. The number of nitrogens with one attached hydrogen (secondary N) is 1. The van der Waals surface area contributed by atoms with Gasteiger partial charge in [0.05, 0.1) is 19.4 Å². The maximum absolute atomic E-state index is 12.3. The number of aliphatic carboxylic acids is 1. The van der Waals surface area contributed by atoms with Crippen molar-refractivity contribution in [1.82, 2.24) is 10.2 Å². The summed E-state index contributed by atoms with van der Waals surface area (Å²) < 4.78 is 15.5. The van der Waals surface area contributed by atoms with E-state index in [1.54, 1.807) is 17.0 Å². The van der Waals surface area contributed by atoms with Crippen LogP contribution in [0, 0.1) is 5.92 Å². The quantitative estimate of drug-likeness (QED) is 0.264. The summed E-state index contributed by atoms with van der Waals surface area (Å²) in [6.45, 7) is 6.41. The molecule has 0 aliphatic carbocycles. The lowest BCUT2D eigenvalue weighted by atomic mass is 10.1. The molecule has 2 aromatic carbocycles. The number of urea groups is 1. The number of nitrogens with zero attached hydrogens (tertiary/aromatic N) is 1. The summed E-state index contributed by atoms with van der Waals surface area (Å²) in [5.74, 6) is 0.141. The fraction of sp³-hybridized carbons (Fsp3) is 0.462. The minimum atomic E-state index is -1.06. The van der Waals surface area contributed by atoms with Gasteiger partial charge in [0.25, 0.3) is 0 Å². The van der Waals surface area contributed by atoms with Gasteiger partial charge in [0, 0.05) is 19.5 Å². The largest absolute Gasteiger partial charge is 0.489 e. The predicted molar refractivity (Wildman–Crippen MR) is 140 cm³/mol. The van der Waals surface area contributed by atoms with E-state index in [1.165, 1.54) is 0 Å². The molecular formula is C26H37BN3O7. The maximum atomic E-state index is 12.3. The van der Waals surface area contributed by atoms with Crippen LogP contribution < -0.4 is 15.8 Å². The van der Waals surface area contributed by atoms with Crippen molar-refractivity contribution < 1.29 is 33.8 Å². The minimum Gasteiger partial charge on any atom is -0.489 e. The first kappa shape index (κ1) is 30.1. The minimum absolute atomic E-state index is 0.199. The van der Waals surface area contributed by atoms with E-state index in [4.69, 9.17) is 20.2 Å². The van der Waals surface area contributed by atoms with E-state index in [1.807, 2.05) is 56.3 Å². The third kappa shape index (κ3) is 12.1. The smallest absolute Gasteiger partial charge is 0.486 e. The molecule has 37 heavy (non-hydrogen) atoms. The Morgan fingerprint density at radius 3 is 2.30 bits per heavy atom. The number of amides is 2. The van der Waals surface area contributed by atoms with Crippen molar-refractivity contribution in [1.29, 1.82) is 0 Å². The fourth-order valence-electron chi connectivity index (χ4n) is 3.50. The molecule has 0 spiro atoms.